The summed E-state index contributed by atoms with van der Waals surface area (Å²) in [6.07, 6.45) is 2.35. The highest BCUT2D eigenvalue weighted by Crippen LogP contribution is 2.02. The van der Waals surface area contributed by atoms with Crippen molar-refractivity contribution in [2.75, 3.05) is 5.75 Å². The third kappa shape index (κ3) is 9.04. The largest absolute Gasteiger partial charge is 0.481 e. The number of carboxylic acids is 2. The first-order valence-electron chi connectivity index (χ1n) is 9.24. The number of aliphatic carboxylic acids is 2. The molecule has 0 saturated carbocycles. The van der Waals surface area contributed by atoms with Gasteiger partial charge in [0.15, 0.2) is 0 Å². The van der Waals surface area contributed by atoms with Gasteiger partial charge >= 0.3 is 11.9 Å². The maximum absolute atomic E-state index is 12.6. The van der Waals surface area contributed by atoms with Crippen LogP contribution in [0.5, 0.6) is 0 Å². The lowest BCUT2D eigenvalue weighted by Gasteiger charge is -2.23. The van der Waals surface area contributed by atoms with Crippen molar-refractivity contribution in [2.45, 2.75) is 50.4 Å². The van der Waals surface area contributed by atoms with Gasteiger partial charge in [-0.3, -0.25) is 24.0 Å². The topological polar surface area (TPSA) is 217 Å². The highest BCUT2D eigenvalue weighted by molar-refractivity contribution is 7.80. The molecule has 1 rings (SSSR count). The standard InChI is InChI=1S/C17H26N6O7S/c1-8(17(29)30)21-15(27)11(4-9-5-19-7-20-9)22-16(28)12(6-31)23-14(26)10(18)2-3-13(24)25/h5,7-8,10-12,31H,2-4,6,18H2,1H3,(H,19,20)(H,21,27)(H,22,28)(H,23,26)(H,24,25)(H,29,30). The minimum atomic E-state index is -1.25. The van der Waals surface area contributed by atoms with Crippen molar-refractivity contribution in [3.8, 4) is 0 Å². The van der Waals surface area contributed by atoms with E-state index >= 15 is 0 Å². The Morgan fingerprint density at radius 1 is 1.10 bits per heavy atom. The van der Waals surface area contributed by atoms with Crippen LogP contribution in [0.2, 0.25) is 0 Å². The number of nitrogens with zero attached hydrogens (tertiary/aromatic N) is 1. The molecule has 172 valence electrons. The quantitative estimate of drug-likeness (QED) is 0.148. The van der Waals surface area contributed by atoms with E-state index in [1.54, 1.807) is 0 Å². The van der Waals surface area contributed by atoms with Crippen molar-refractivity contribution >= 4 is 42.3 Å². The molecule has 0 radical (unpaired) electrons. The number of aromatic nitrogens is 2. The van der Waals surface area contributed by atoms with Gasteiger partial charge in [-0.2, -0.15) is 12.6 Å². The van der Waals surface area contributed by atoms with Crippen LogP contribution in [0, 0.1) is 0 Å². The van der Waals surface area contributed by atoms with Crippen LogP contribution in [0.25, 0.3) is 0 Å². The van der Waals surface area contributed by atoms with Gasteiger partial charge in [0, 0.05) is 30.5 Å². The molecule has 1 aromatic heterocycles. The highest BCUT2D eigenvalue weighted by Gasteiger charge is 2.29. The molecule has 0 spiro atoms. The Balaban J connectivity index is 2.83. The maximum atomic E-state index is 12.6. The predicted octanol–water partition coefficient (Wildman–Crippen LogP) is -2.37. The SMILES string of the molecule is CC(NC(=O)C(Cc1cnc[nH]1)NC(=O)C(CS)NC(=O)C(N)CCC(=O)O)C(=O)O. The van der Waals surface area contributed by atoms with Crippen LogP contribution < -0.4 is 21.7 Å². The first-order chi connectivity index (χ1) is 14.5. The Morgan fingerprint density at radius 2 is 1.71 bits per heavy atom. The first-order valence-corrected chi connectivity index (χ1v) is 9.87. The number of rotatable bonds is 13. The van der Waals surface area contributed by atoms with Gasteiger partial charge in [-0.1, -0.05) is 0 Å². The molecule has 1 heterocycles. The van der Waals surface area contributed by atoms with E-state index in [1.165, 1.54) is 19.4 Å². The van der Waals surface area contributed by atoms with Gasteiger partial charge in [0.25, 0.3) is 0 Å². The van der Waals surface area contributed by atoms with E-state index in [0.29, 0.717) is 5.69 Å². The van der Waals surface area contributed by atoms with E-state index in [-0.39, 0.29) is 25.0 Å². The van der Waals surface area contributed by atoms with Gasteiger partial charge in [-0.05, 0) is 13.3 Å². The molecule has 0 fully saturated rings. The van der Waals surface area contributed by atoms with Gasteiger partial charge in [-0.25, -0.2) is 4.98 Å². The number of carbonyl (C=O) groups is 5. The van der Waals surface area contributed by atoms with Gasteiger partial charge in [0.2, 0.25) is 17.7 Å². The van der Waals surface area contributed by atoms with Gasteiger partial charge in [0.1, 0.15) is 18.1 Å². The number of hydrogen-bond acceptors (Lipinski definition) is 8. The Bertz CT molecular complexity index is 788. The summed E-state index contributed by atoms with van der Waals surface area (Å²) in [7, 11) is 0. The van der Waals surface area contributed by atoms with Crippen molar-refractivity contribution in [3.05, 3.63) is 18.2 Å². The third-order valence-corrected chi connectivity index (χ3v) is 4.53. The molecular formula is C17H26N6O7S. The number of hydrogen-bond donors (Lipinski definition) is 8. The van der Waals surface area contributed by atoms with E-state index < -0.39 is 53.8 Å². The van der Waals surface area contributed by atoms with E-state index in [2.05, 4.69) is 38.5 Å². The second-order valence-corrected chi connectivity index (χ2v) is 7.06. The average Bonchev–Trinajstić information content (AvgIpc) is 3.22. The molecule has 0 aliphatic heterocycles. The zero-order valence-corrected chi connectivity index (χ0v) is 17.6. The molecule has 8 N–H and O–H groups in total. The minimum absolute atomic E-state index is 0.0186. The molecule has 1 aromatic rings. The molecule has 4 atom stereocenters. The van der Waals surface area contributed by atoms with Gasteiger partial charge in [0.05, 0.1) is 12.4 Å². The number of nitrogens with two attached hydrogens (primary N) is 1. The van der Waals surface area contributed by atoms with Crippen molar-refractivity contribution in [1.82, 2.24) is 25.9 Å². The number of aromatic amines is 1. The summed E-state index contributed by atoms with van der Waals surface area (Å²) in [5.41, 5.74) is 6.13. The third-order valence-electron chi connectivity index (χ3n) is 4.16. The number of imidazole rings is 1. The van der Waals surface area contributed by atoms with Crippen LogP contribution in [0.4, 0.5) is 0 Å². The zero-order valence-electron chi connectivity index (χ0n) is 16.7. The lowest BCUT2D eigenvalue weighted by molar-refractivity contribution is -0.142. The van der Waals surface area contributed by atoms with Crippen LogP contribution in [0.15, 0.2) is 12.5 Å². The Kier molecular flexibility index (Phi) is 10.5. The molecule has 0 aliphatic rings. The fourth-order valence-corrected chi connectivity index (χ4v) is 2.61. The average molecular weight is 458 g/mol. The predicted molar refractivity (Wildman–Crippen MR) is 110 cm³/mol. The summed E-state index contributed by atoms with van der Waals surface area (Å²) in [4.78, 5) is 65.5. The second-order valence-electron chi connectivity index (χ2n) is 6.69. The maximum Gasteiger partial charge on any atom is 0.325 e. The molecule has 4 unspecified atom stereocenters. The number of H-pyrrole nitrogens is 1. The van der Waals surface area contributed by atoms with Crippen molar-refractivity contribution in [2.24, 2.45) is 5.73 Å². The molecule has 0 bridgehead atoms. The van der Waals surface area contributed by atoms with E-state index in [4.69, 9.17) is 15.9 Å². The first kappa shape index (κ1) is 25.9. The number of nitrogens with one attached hydrogen (secondary N) is 4. The van der Waals surface area contributed by atoms with E-state index in [9.17, 15) is 24.0 Å². The van der Waals surface area contributed by atoms with Crippen molar-refractivity contribution in [3.63, 3.8) is 0 Å². The summed E-state index contributed by atoms with van der Waals surface area (Å²) in [6.45, 7) is 1.27. The van der Waals surface area contributed by atoms with E-state index in [1.807, 2.05) is 0 Å². The number of thiol groups is 1. The van der Waals surface area contributed by atoms with Gasteiger partial charge < -0.3 is 36.9 Å². The van der Waals surface area contributed by atoms with Crippen LogP contribution in [0.3, 0.4) is 0 Å². The lowest BCUT2D eigenvalue weighted by atomic mass is 10.1. The van der Waals surface area contributed by atoms with Crippen LogP contribution in [0.1, 0.15) is 25.5 Å². The molecule has 13 nitrogen and oxygen atoms in total. The summed E-state index contributed by atoms with van der Waals surface area (Å²) in [5.74, 6) is -4.75. The molecule has 14 heteroatoms. The Morgan fingerprint density at radius 3 is 2.23 bits per heavy atom. The molecule has 0 aliphatic carbocycles. The zero-order chi connectivity index (χ0) is 23.6. The van der Waals surface area contributed by atoms with E-state index in [0.717, 1.165) is 0 Å². The fraction of sp³-hybridized carbons (Fsp3) is 0.529. The Labute approximate surface area is 183 Å². The number of amides is 3. The minimum Gasteiger partial charge on any atom is -0.481 e. The normalized spacial score (nSPS) is 14.5. The summed E-state index contributed by atoms with van der Waals surface area (Å²) in [6, 6.07) is -4.68. The summed E-state index contributed by atoms with van der Waals surface area (Å²) >= 11 is 4.02. The fourth-order valence-electron chi connectivity index (χ4n) is 2.36. The monoisotopic (exact) mass is 458 g/mol. The van der Waals surface area contributed by atoms with Crippen molar-refractivity contribution < 1.29 is 34.2 Å². The van der Waals surface area contributed by atoms with Crippen molar-refractivity contribution in [1.29, 1.82) is 0 Å². The molecule has 0 saturated heterocycles. The summed E-state index contributed by atoms with van der Waals surface area (Å²) in [5, 5.41) is 24.7. The molecular weight excluding hydrogens is 432 g/mol. The van der Waals surface area contributed by atoms with Crippen LogP contribution in [-0.4, -0.2) is 79.8 Å². The number of carboxylic acid groups (broad SMARTS) is 2. The van der Waals surface area contributed by atoms with Gasteiger partial charge in [-0.15, -0.1) is 0 Å². The molecule has 0 aromatic carbocycles. The molecule has 31 heavy (non-hydrogen) atoms. The highest BCUT2D eigenvalue weighted by atomic mass is 32.1. The lowest BCUT2D eigenvalue weighted by Crippen LogP contribution is -2.58. The summed E-state index contributed by atoms with van der Waals surface area (Å²) < 4.78 is 0. The number of carbonyl (C=O) groups excluding carboxylic acids is 3. The molecule has 3 amide bonds. The second kappa shape index (κ2) is 12.5. The van der Waals surface area contributed by atoms with Crippen LogP contribution >= 0.6 is 12.6 Å². The van der Waals surface area contributed by atoms with Crippen LogP contribution in [-0.2, 0) is 30.4 Å². The Hall–Kier alpha value is -3.13. The smallest absolute Gasteiger partial charge is 0.325 e.